The van der Waals surface area contributed by atoms with Crippen LogP contribution in [0.4, 0.5) is 5.69 Å². The molecule has 0 radical (unpaired) electrons. The number of thiophene rings is 1. The van der Waals surface area contributed by atoms with Crippen LogP contribution in [-0.4, -0.2) is 50.7 Å². The fourth-order valence-electron chi connectivity index (χ4n) is 4.04. The number of nitrogens with one attached hydrogen (secondary N) is 1. The summed E-state index contributed by atoms with van der Waals surface area (Å²) < 4.78 is 8.51. The molecular formula is C24H26N4O5S. The van der Waals surface area contributed by atoms with Gasteiger partial charge in [-0.15, -0.1) is 11.3 Å². The lowest BCUT2D eigenvalue weighted by Gasteiger charge is -2.24. The van der Waals surface area contributed by atoms with E-state index in [-0.39, 0.29) is 17.2 Å². The topological polar surface area (TPSA) is 103 Å². The fraction of sp³-hybridized carbons (Fsp3) is 0.333. The molecule has 1 aliphatic heterocycles. The number of ether oxygens (including phenoxy) is 1. The Balaban J connectivity index is 1.45. The van der Waals surface area contributed by atoms with Crippen molar-refractivity contribution in [2.24, 2.45) is 7.05 Å². The third-order valence-corrected chi connectivity index (χ3v) is 6.84. The lowest BCUT2D eigenvalue weighted by molar-refractivity contribution is -0.156. The van der Waals surface area contributed by atoms with E-state index < -0.39 is 24.0 Å². The molecule has 1 aliphatic rings. The second kappa shape index (κ2) is 9.68. The van der Waals surface area contributed by atoms with Crippen molar-refractivity contribution in [1.82, 2.24) is 14.3 Å². The van der Waals surface area contributed by atoms with Crippen molar-refractivity contribution in [3.63, 3.8) is 0 Å². The smallest absolute Gasteiger partial charge is 0.329 e. The molecule has 1 saturated heterocycles. The Morgan fingerprint density at radius 2 is 1.88 bits per heavy atom. The largest absolute Gasteiger partial charge is 0.451 e. The molecule has 2 aromatic heterocycles. The summed E-state index contributed by atoms with van der Waals surface area (Å²) in [6.07, 6.45) is 0.0137. The highest BCUT2D eigenvalue weighted by molar-refractivity contribution is 7.12. The lowest BCUT2D eigenvalue weighted by atomic mass is 10.2. The Morgan fingerprint density at radius 3 is 2.56 bits per heavy atom. The van der Waals surface area contributed by atoms with E-state index in [0.717, 1.165) is 0 Å². The SMILES string of the molecule is Cc1c(NC(=O)[C@@H](C)OC(=O)[C@@H]2CCCN2C(=O)c2cccs2)c(=O)n(-c2ccccc2)n1C. The summed E-state index contributed by atoms with van der Waals surface area (Å²) in [6.45, 7) is 3.63. The average molecular weight is 483 g/mol. The molecule has 1 N–H and O–H groups in total. The molecule has 3 aromatic rings. The zero-order chi connectivity index (χ0) is 24.4. The van der Waals surface area contributed by atoms with E-state index in [2.05, 4.69) is 5.32 Å². The molecule has 1 aromatic carbocycles. The maximum absolute atomic E-state index is 13.0. The third kappa shape index (κ3) is 4.41. The van der Waals surface area contributed by atoms with Crippen molar-refractivity contribution in [1.29, 1.82) is 0 Å². The number of nitrogens with zero attached hydrogens (tertiary/aromatic N) is 3. The van der Waals surface area contributed by atoms with Gasteiger partial charge in [0.2, 0.25) is 0 Å². The molecule has 178 valence electrons. The lowest BCUT2D eigenvalue weighted by Crippen LogP contribution is -2.43. The Morgan fingerprint density at radius 1 is 1.15 bits per heavy atom. The first kappa shape index (κ1) is 23.5. The average Bonchev–Trinajstić information content (AvgIpc) is 3.57. The predicted octanol–water partition coefficient (Wildman–Crippen LogP) is 2.72. The van der Waals surface area contributed by atoms with E-state index in [4.69, 9.17) is 4.74 Å². The number of rotatable bonds is 6. The van der Waals surface area contributed by atoms with Crippen LogP contribution in [0.2, 0.25) is 0 Å². The van der Waals surface area contributed by atoms with E-state index >= 15 is 0 Å². The molecule has 0 spiro atoms. The van der Waals surface area contributed by atoms with Gasteiger partial charge in [-0.25, -0.2) is 9.48 Å². The Labute approximate surface area is 200 Å². The number of hydrogen-bond acceptors (Lipinski definition) is 6. The zero-order valence-electron chi connectivity index (χ0n) is 19.2. The summed E-state index contributed by atoms with van der Waals surface area (Å²) >= 11 is 1.31. The van der Waals surface area contributed by atoms with E-state index in [9.17, 15) is 19.2 Å². The molecule has 34 heavy (non-hydrogen) atoms. The van der Waals surface area contributed by atoms with Crippen LogP contribution in [0.1, 0.15) is 35.1 Å². The highest BCUT2D eigenvalue weighted by atomic mass is 32.1. The monoisotopic (exact) mass is 482 g/mol. The first-order chi connectivity index (χ1) is 16.3. The van der Waals surface area contributed by atoms with Gasteiger partial charge in [0.25, 0.3) is 17.4 Å². The number of carbonyl (C=O) groups is 3. The van der Waals surface area contributed by atoms with Gasteiger partial charge in [0.15, 0.2) is 6.10 Å². The van der Waals surface area contributed by atoms with E-state index in [1.54, 1.807) is 48.3 Å². The van der Waals surface area contributed by atoms with Gasteiger partial charge in [0, 0.05) is 13.6 Å². The summed E-state index contributed by atoms with van der Waals surface area (Å²) in [4.78, 5) is 53.4. The van der Waals surface area contributed by atoms with Crippen molar-refractivity contribution in [3.8, 4) is 5.69 Å². The van der Waals surface area contributed by atoms with Crippen LogP contribution in [0, 0.1) is 6.92 Å². The molecule has 9 nitrogen and oxygen atoms in total. The number of carbonyl (C=O) groups excluding carboxylic acids is 3. The summed E-state index contributed by atoms with van der Waals surface area (Å²) in [6, 6.07) is 11.8. The molecule has 0 saturated carbocycles. The number of hydrogen-bond donors (Lipinski definition) is 1. The van der Waals surface area contributed by atoms with Gasteiger partial charge in [0.1, 0.15) is 11.7 Å². The minimum absolute atomic E-state index is 0.120. The van der Waals surface area contributed by atoms with Crippen molar-refractivity contribution >= 4 is 34.8 Å². The van der Waals surface area contributed by atoms with Crippen molar-refractivity contribution < 1.29 is 19.1 Å². The van der Waals surface area contributed by atoms with Crippen LogP contribution >= 0.6 is 11.3 Å². The second-order valence-electron chi connectivity index (χ2n) is 8.14. The van der Waals surface area contributed by atoms with Crippen molar-refractivity contribution in [2.75, 3.05) is 11.9 Å². The number of para-hydroxylation sites is 1. The van der Waals surface area contributed by atoms with Crippen LogP contribution in [0.3, 0.4) is 0 Å². The van der Waals surface area contributed by atoms with E-state index in [1.165, 1.54) is 27.8 Å². The molecule has 10 heteroatoms. The quantitative estimate of drug-likeness (QED) is 0.545. The number of aromatic nitrogens is 2. The standard InChI is InChI=1S/C24H26N4O5S/c1-15-20(23(31)28(26(15)3)17-9-5-4-6-10-17)25-21(29)16(2)33-24(32)18-11-7-13-27(18)22(30)19-12-8-14-34-19/h4-6,8-10,12,14,16,18H,7,11,13H2,1-3H3,(H,25,29)/t16-,18+/m1/s1. The van der Waals surface area contributed by atoms with E-state index in [0.29, 0.717) is 35.6 Å². The molecule has 2 atom stereocenters. The summed E-state index contributed by atoms with van der Waals surface area (Å²) in [5, 5.41) is 4.42. The van der Waals surface area contributed by atoms with Gasteiger partial charge in [0.05, 0.1) is 16.3 Å². The van der Waals surface area contributed by atoms with Crippen LogP contribution < -0.4 is 10.9 Å². The Hall–Kier alpha value is -3.66. The molecule has 1 fully saturated rings. The normalized spacial score (nSPS) is 16.3. The Kier molecular flexibility index (Phi) is 6.69. The van der Waals surface area contributed by atoms with Gasteiger partial charge in [-0.2, -0.15) is 0 Å². The first-order valence-electron chi connectivity index (χ1n) is 11.0. The van der Waals surface area contributed by atoms with Gasteiger partial charge < -0.3 is 15.0 Å². The van der Waals surface area contributed by atoms with Crippen molar-refractivity contribution in [3.05, 3.63) is 68.8 Å². The molecule has 4 rings (SSSR count). The van der Waals surface area contributed by atoms with Crippen LogP contribution in [0.5, 0.6) is 0 Å². The minimum atomic E-state index is -1.14. The van der Waals surface area contributed by atoms with Crippen LogP contribution in [-0.2, 0) is 21.4 Å². The third-order valence-electron chi connectivity index (χ3n) is 5.98. The summed E-state index contributed by atoms with van der Waals surface area (Å²) in [5.74, 6) is -1.46. The van der Waals surface area contributed by atoms with Crippen LogP contribution in [0.15, 0.2) is 52.6 Å². The predicted molar refractivity (Wildman–Crippen MR) is 128 cm³/mol. The fourth-order valence-corrected chi connectivity index (χ4v) is 4.72. The highest BCUT2D eigenvalue weighted by Crippen LogP contribution is 2.23. The van der Waals surface area contributed by atoms with Crippen molar-refractivity contribution in [2.45, 2.75) is 38.8 Å². The van der Waals surface area contributed by atoms with Gasteiger partial charge >= 0.3 is 5.97 Å². The first-order valence-corrected chi connectivity index (χ1v) is 11.9. The maximum atomic E-state index is 13.0. The second-order valence-corrected chi connectivity index (χ2v) is 9.09. The van der Waals surface area contributed by atoms with Gasteiger partial charge in [-0.1, -0.05) is 24.3 Å². The molecule has 0 aliphatic carbocycles. The number of amides is 2. The van der Waals surface area contributed by atoms with Crippen LogP contribution in [0.25, 0.3) is 5.69 Å². The number of likely N-dealkylation sites (tertiary alicyclic amines) is 1. The summed E-state index contributed by atoms with van der Waals surface area (Å²) in [5.41, 5.74) is 0.954. The number of anilines is 1. The van der Waals surface area contributed by atoms with E-state index in [1.807, 2.05) is 18.2 Å². The number of esters is 1. The molecule has 2 amide bonds. The molecular weight excluding hydrogens is 456 g/mol. The molecule has 0 bridgehead atoms. The maximum Gasteiger partial charge on any atom is 0.329 e. The van der Waals surface area contributed by atoms with Gasteiger partial charge in [-0.05, 0) is 50.3 Å². The highest BCUT2D eigenvalue weighted by Gasteiger charge is 2.37. The molecule has 3 heterocycles. The minimum Gasteiger partial charge on any atom is -0.451 e. The Bertz CT molecular complexity index is 1260. The number of benzene rings is 1. The summed E-state index contributed by atoms with van der Waals surface area (Å²) in [7, 11) is 1.72. The molecule has 0 unspecified atom stereocenters. The van der Waals surface area contributed by atoms with Gasteiger partial charge in [-0.3, -0.25) is 19.1 Å². The zero-order valence-corrected chi connectivity index (χ0v) is 20.0.